The van der Waals surface area contributed by atoms with Crippen molar-refractivity contribution < 1.29 is 4.39 Å². The summed E-state index contributed by atoms with van der Waals surface area (Å²) in [4.78, 5) is 0. The maximum atomic E-state index is 12.8. The van der Waals surface area contributed by atoms with Gasteiger partial charge in [-0.05, 0) is 17.5 Å². The molecule has 0 saturated heterocycles. The SMILES string of the molecule is CC(C)c1cccc(F)c1Cl. The highest BCUT2D eigenvalue weighted by atomic mass is 35.5. The fourth-order valence-electron chi connectivity index (χ4n) is 0.966. The minimum absolute atomic E-state index is 0.252. The molecule has 0 aromatic heterocycles. The Labute approximate surface area is 71.0 Å². The molecule has 60 valence electrons. The lowest BCUT2D eigenvalue weighted by Crippen LogP contribution is -1.90. The van der Waals surface area contributed by atoms with E-state index in [1.54, 1.807) is 6.07 Å². The molecule has 0 heterocycles. The molecule has 0 atom stereocenters. The predicted molar refractivity (Wildman–Crippen MR) is 45.5 cm³/mol. The van der Waals surface area contributed by atoms with Gasteiger partial charge in [-0.25, -0.2) is 4.39 Å². The number of hydrogen-bond acceptors (Lipinski definition) is 0. The molecule has 0 radical (unpaired) electrons. The van der Waals surface area contributed by atoms with Gasteiger partial charge in [-0.15, -0.1) is 0 Å². The second-order valence-corrected chi connectivity index (χ2v) is 3.18. The van der Waals surface area contributed by atoms with Crippen LogP contribution in [0.4, 0.5) is 4.39 Å². The Hall–Kier alpha value is -0.560. The molecule has 0 unspecified atom stereocenters. The summed E-state index contributed by atoms with van der Waals surface area (Å²) in [6.45, 7) is 3.97. The number of hydrogen-bond donors (Lipinski definition) is 0. The van der Waals surface area contributed by atoms with Crippen molar-refractivity contribution >= 4 is 11.6 Å². The molecular formula is C9H10ClF. The molecule has 0 amide bonds. The molecular weight excluding hydrogens is 163 g/mol. The van der Waals surface area contributed by atoms with E-state index in [0.29, 0.717) is 0 Å². The van der Waals surface area contributed by atoms with E-state index in [9.17, 15) is 4.39 Å². The normalized spacial score (nSPS) is 10.6. The standard InChI is InChI=1S/C9H10ClF/c1-6(2)7-4-3-5-8(11)9(7)10/h3-6H,1-2H3. The Morgan fingerprint density at radius 2 is 2.00 bits per heavy atom. The van der Waals surface area contributed by atoms with Crippen molar-refractivity contribution in [3.05, 3.63) is 34.6 Å². The van der Waals surface area contributed by atoms with Crippen molar-refractivity contribution in [2.24, 2.45) is 0 Å². The second kappa shape index (κ2) is 3.22. The van der Waals surface area contributed by atoms with Crippen LogP contribution < -0.4 is 0 Å². The van der Waals surface area contributed by atoms with Crippen LogP contribution in [0, 0.1) is 5.82 Å². The highest BCUT2D eigenvalue weighted by Crippen LogP contribution is 2.25. The van der Waals surface area contributed by atoms with Gasteiger partial charge >= 0.3 is 0 Å². The highest BCUT2D eigenvalue weighted by Gasteiger charge is 2.07. The van der Waals surface area contributed by atoms with Crippen molar-refractivity contribution in [3.8, 4) is 0 Å². The molecule has 0 aliphatic rings. The van der Waals surface area contributed by atoms with E-state index in [4.69, 9.17) is 11.6 Å². The van der Waals surface area contributed by atoms with Gasteiger partial charge in [-0.3, -0.25) is 0 Å². The molecule has 1 aromatic carbocycles. The molecule has 2 heteroatoms. The average molecular weight is 173 g/mol. The lowest BCUT2D eigenvalue weighted by atomic mass is 10.0. The van der Waals surface area contributed by atoms with E-state index in [1.165, 1.54) is 6.07 Å². The third-order valence-corrected chi connectivity index (χ3v) is 2.00. The van der Waals surface area contributed by atoms with Gasteiger partial charge in [0, 0.05) is 0 Å². The molecule has 0 aliphatic carbocycles. The lowest BCUT2D eigenvalue weighted by molar-refractivity contribution is 0.624. The fourth-order valence-corrected chi connectivity index (χ4v) is 1.31. The minimum Gasteiger partial charge on any atom is -0.205 e. The predicted octanol–water partition coefficient (Wildman–Crippen LogP) is 3.60. The third kappa shape index (κ3) is 1.72. The van der Waals surface area contributed by atoms with Gasteiger partial charge in [0.1, 0.15) is 5.82 Å². The summed E-state index contributed by atoms with van der Waals surface area (Å²) in [6.07, 6.45) is 0. The zero-order valence-corrected chi connectivity index (χ0v) is 7.32. The second-order valence-electron chi connectivity index (χ2n) is 2.80. The van der Waals surface area contributed by atoms with Crippen LogP contribution in [0.1, 0.15) is 25.3 Å². The van der Waals surface area contributed by atoms with Gasteiger partial charge < -0.3 is 0 Å². The van der Waals surface area contributed by atoms with Gasteiger partial charge in [-0.1, -0.05) is 37.6 Å². The first-order chi connectivity index (χ1) is 5.13. The molecule has 0 saturated carbocycles. The molecule has 0 aliphatic heterocycles. The zero-order valence-electron chi connectivity index (χ0n) is 6.57. The van der Waals surface area contributed by atoms with Crippen molar-refractivity contribution in [1.29, 1.82) is 0 Å². The zero-order chi connectivity index (χ0) is 8.43. The van der Waals surface area contributed by atoms with E-state index in [-0.39, 0.29) is 16.8 Å². The molecule has 0 fully saturated rings. The van der Waals surface area contributed by atoms with Crippen LogP contribution in [-0.2, 0) is 0 Å². The number of rotatable bonds is 1. The third-order valence-electron chi connectivity index (χ3n) is 1.60. The van der Waals surface area contributed by atoms with E-state index < -0.39 is 0 Å². The first-order valence-electron chi connectivity index (χ1n) is 3.57. The molecule has 1 aromatic rings. The average Bonchev–Trinajstić information content (AvgIpc) is 1.94. The van der Waals surface area contributed by atoms with Crippen molar-refractivity contribution in [2.45, 2.75) is 19.8 Å². The largest absolute Gasteiger partial charge is 0.205 e. The summed E-state index contributed by atoms with van der Waals surface area (Å²) in [6, 6.07) is 4.89. The molecule has 11 heavy (non-hydrogen) atoms. The van der Waals surface area contributed by atoms with Crippen LogP contribution in [-0.4, -0.2) is 0 Å². The van der Waals surface area contributed by atoms with Crippen molar-refractivity contribution in [2.75, 3.05) is 0 Å². The summed E-state index contributed by atoms with van der Waals surface area (Å²) >= 11 is 5.71. The summed E-state index contributed by atoms with van der Waals surface area (Å²) in [7, 11) is 0. The monoisotopic (exact) mass is 172 g/mol. The van der Waals surface area contributed by atoms with Crippen LogP contribution >= 0.6 is 11.6 Å². The van der Waals surface area contributed by atoms with E-state index in [1.807, 2.05) is 19.9 Å². The van der Waals surface area contributed by atoms with Crippen LogP contribution in [0.3, 0.4) is 0 Å². The Balaban J connectivity index is 3.17. The summed E-state index contributed by atoms with van der Waals surface area (Å²) in [5, 5.41) is 0.252. The van der Waals surface area contributed by atoms with Crippen LogP contribution in [0.2, 0.25) is 5.02 Å². The fraction of sp³-hybridized carbons (Fsp3) is 0.333. The number of halogens is 2. The van der Waals surface area contributed by atoms with E-state index >= 15 is 0 Å². The quantitative estimate of drug-likeness (QED) is 0.607. The summed E-state index contributed by atoms with van der Waals surface area (Å²) in [5.74, 6) is -0.0592. The Bertz CT molecular complexity index is 256. The van der Waals surface area contributed by atoms with Gasteiger partial charge in [-0.2, -0.15) is 0 Å². The topological polar surface area (TPSA) is 0 Å². The summed E-state index contributed by atoms with van der Waals surface area (Å²) < 4.78 is 12.8. The Morgan fingerprint density at radius 1 is 1.36 bits per heavy atom. The van der Waals surface area contributed by atoms with E-state index in [2.05, 4.69) is 0 Å². The van der Waals surface area contributed by atoms with Gasteiger partial charge in [0.15, 0.2) is 0 Å². The van der Waals surface area contributed by atoms with Crippen LogP contribution in [0.15, 0.2) is 18.2 Å². The Kier molecular flexibility index (Phi) is 2.50. The molecule has 0 bridgehead atoms. The smallest absolute Gasteiger partial charge is 0.142 e. The highest BCUT2D eigenvalue weighted by molar-refractivity contribution is 6.31. The maximum Gasteiger partial charge on any atom is 0.142 e. The van der Waals surface area contributed by atoms with E-state index in [0.717, 1.165) is 5.56 Å². The van der Waals surface area contributed by atoms with Crippen molar-refractivity contribution in [3.63, 3.8) is 0 Å². The first kappa shape index (κ1) is 8.54. The van der Waals surface area contributed by atoms with Gasteiger partial charge in [0.05, 0.1) is 5.02 Å². The maximum absolute atomic E-state index is 12.8. The molecule has 1 rings (SSSR count). The van der Waals surface area contributed by atoms with Gasteiger partial charge in [0.2, 0.25) is 0 Å². The van der Waals surface area contributed by atoms with Gasteiger partial charge in [0.25, 0.3) is 0 Å². The minimum atomic E-state index is -0.335. The lowest BCUT2D eigenvalue weighted by Gasteiger charge is -2.07. The summed E-state index contributed by atoms with van der Waals surface area (Å²) in [5.41, 5.74) is 0.867. The van der Waals surface area contributed by atoms with Crippen LogP contribution in [0.25, 0.3) is 0 Å². The van der Waals surface area contributed by atoms with Crippen molar-refractivity contribution in [1.82, 2.24) is 0 Å². The van der Waals surface area contributed by atoms with Crippen LogP contribution in [0.5, 0.6) is 0 Å². The molecule has 0 spiro atoms. The number of benzene rings is 1. The molecule has 0 nitrogen and oxygen atoms in total. The molecule has 0 N–H and O–H groups in total. The Morgan fingerprint density at radius 3 is 2.45 bits per heavy atom. The first-order valence-corrected chi connectivity index (χ1v) is 3.94.